The zero-order chi connectivity index (χ0) is 11.0. The van der Waals surface area contributed by atoms with Crippen LogP contribution in [-0.2, 0) is 4.74 Å². The first-order valence-corrected chi connectivity index (χ1v) is 5.38. The summed E-state index contributed by atoms with van der Waals surface area (Å²) in [4.78, 5) is 4.18. The minimum atomic E-state index is -0.570. The Balaban J connectivity index is 1.97. The second-order valence-corrected chi connectivity index (χ2v) is 3.92. The molecule has 0 amide bonds. The fourth-order valence-corrected chi connectivity index (χ4v) is 2.12. The van der Waals surface area contributed by atoms with Crippen molar-refractivity contribution in [2.24, 2.45) is 4.99 Å². The number of nitrogens with zero attached hydrogens (tertiary/aromatic N) is 3. The van der Waals surface area contributed by atoms with Crippen molar-refractivity contribution in [2.45, 2.75) is 0 Å². The van der Waals surface area contributed by atoms with E-state index in [0.717, 1.165) is 5.69 Å². The predicted molar refractivity (Wildman–Crippen MR) is 62.1 cm³/mol. The van der Waals surface area contributed by atoms with Gasteiger partial charge in [-0.3, -0.25) is 0 Å². The second kappa shape index (κ2) is 3.64. The third-order valence-corrected chi connectivity index (χ3v) is 2.99. The summed E-state index contributed by atoms with van der Waals surface area (Å²) in [6.45, 7) is 2.50. The maximum absolute atomic E-state index is 12.7. The van der Waals surface area contributed by atoms with E-state index in [1.165, 1.54) is 6.34 Å². The minimum absolute atomic E-state index is 0.570. The molecule has 2 aliphatic heterocycles. The van der Waals surface area contributed by atoms with E-state index in [-0.39, 0.29) is 0 Å². The molecule has 1 aromatic rings. The minimum Gasteiger partial charge on any atom is -0.600 e. The molecule has 5 heteroatoms. The van der Waals surface area contributed by atoms with Crippen LogP contribution in [0, 0.1) is 5.21 Å². The van der Waals surface area contributed by atoms with E-state index in [9.17, 15) is 5.21 Å². The largest absolute Gasteiger partial charge is 0.600 e. The number of benzene rings is 1. The Morgan fingerprint density at radius 2 is 2.00 bits per heavy atom. The summed E-state index contributed by atoms with van der Waals surface area (Å²) >= 11 is 0. The van der Waals surface area contributed by atoms with Crippen molar-refractivity contribution in [3.63, 3.8) is 0 Å². The molecule has 2 heterocycles. The van der Waals surface area contributed by atoms with Gasteiger partial charge in [0.25, 0.3) is 0 Å². The molecule has 0 aliphatic carbocycles. The molecule has 0 saturated carbocycles. The lowest BCUT2D eigenvalue weighted by molar-refractivity contribution is -0.0226. The molecule has 1 saturated heterocycles. The van der Waals surface area contributed by atoms with Gasteiger partial charge in [-0.25, -0.2) is 4.76 Å². The van der Waals surface area contributed by atoms with E-state index >= 15 is 0 Å². The molecule has 16 heavy (non-hydrogen) atoms. The lowest BCUT2D eigenvalue weighted by atomic mass is 10.3. The van der Waals surface area contributed by atoms with Crippen molar-refractivity contribution in [3.05, 3.63) is 29.5 Å². The molecule has 0 bridgehead atoms. The monoisotopic (exact) mass is 219 g/mol. The van der Waals surface area contributed by atoms with Gasteiger partial charge in [0, 0.05) is 6.07 Å². The molecule has 2 aliphatic rings. The molecular formula is C11H13N3O2. The summed E-state index contributed by atoms with van der Waals surface area (Å²) < 4.78 is 4.69. The second-order valence-electron chi connectivity index (χ2n) is 3.92. The molecule has 5 nitrogen and oxygen atoms in total. The van der Waals surface area contributed by atoms with Crippen LogP contribution in [0.5, 0.6) is 0 Å². The summed E-state index contributed by atoms with van der Waals surface area (Å²) in [5.41, 5.74) is 1.47. The van der Waals surface area contributed by atoms with Gasteiger partial charge in [-0.15, -0.1) is 5.01 Å². The fourth-order valence-electron chi connectivity index (χ4n) is 2.12. The summed E-state index contributed by atoms with van der Waals surface area (Å²) in [7, 11) is 0. The molecule has 0 aromatic heterocycles. The van der Waals surface area contributed by atoms with E-state index in [1.54, 1.807) is 0 Å². The normalized spacial score (nSPS) is 29.3. The van der Waals surface area contributed by atoms with E-state index in [0.29, 0.717) is 32.0 Å². The summed E-state index contributed by atoms with van der Waals surface area (Å²) in [6, 6.07) is 7.47. The zero-order valence-corrected chi connectivity index (χ0v) is 8.87. The number of aliphatic imine (C=N–C) groups is 1. The molecule has 3 rings (SSSR count). The molecule has 0 radical (unpaired) electrons. The van der Waals surface area contributed by atoms with E-state index < -0.39 is 4.76 Å². The number of fused-ring (bicyclic) bond motifs is 1. The summed E-state index contributed by atoms with van der Waals surface area (Å²) in [5, 5.41) is 14.6. The molecule has 1 unspecified atom stereocenters. The van der Waals surface area contributed by atoms with Crippen molar-refractivity contribution in [2.75, 3.05) is 26.3 Å². The van der Waals surface area contributed by atoms with Crippen LogP contribution >= 0.6 is 0 Å². The smallest absolute Gasteiger partial charge is 0.216 e. The Labute approximate surface area is 93.7 Å². The lowest BCUT2D eigenvalue weighted by Crippen LogP contribution is -2.59. The summed E-state index contributed by atoms with van der Waals surface area (Å²) in [6.07, 6.45) is 1.45. The van der Waals surface area contributed by atoms with Crippen LogP contribution in [-0.4, -0.2) is 37.7 Å². The van der Waals surface area contributed by atoms with Gasteiger partial charge in [-0.2, -0.15) is 4.99 Å². The van der Waals surface area contributed by atoms with Gasteiger partial charge < -0.3 is 9.94 Å². The molecule has 1 atom stereocenters. The van der Waals surface area contributed by atoms with Crippen LogP contribution in [0.1, 0.15) is 0 Å². The van der Waals surface area contributed by atoms with Gasteiger partial charge in [0.15, 0.2) is 5.69 Å². The third-order valence-electron chi connectivity index (χ3n) is 2.99. The number of hydrogen-bond acceptors (Lipinski definition) is 4. The van der Waals surface area contributed by atoms with Crippen LogP contribution in [0.15, 0.2) is 29.3 Å². The number of morpholine rings is 1. The number of ether oxygens (including phenoxy) is 1. The maximum atomic E-state index is 12.7. The molecule has 1 fully saturated rings. The zero-order valence-electron chi connectivity index (χ0n) is 8.87. The Kier molecular flexibility index (Phi) is 2.26. The lowest BCUT2D eigenvalue weighted by Gasteiger charge is -2.44. The Morgan fingerprint density at radius 3 is 2.81 bits per heavy atom. The standard InChI is InChI=1S/C11H13N3O2/c15-14(13-5-7-16-8-6-13)9-12-10-3-1-2-4-11(10)14/h1-4,9H,5-8H2. The van der Waals surface area contributed by atoms with E-state index in [2.05, 4.69) is 4.99 Å². The van der Waals surface area contributed by atoms with Gasteiger partial charge >= 0.3 is 0 Å². The van der Waals surface area contributed by atoms with Crippen molar-refractivity contribution >= 4 is 17.7 Å². The summed E-state index contributed by atoms with van der Waals surface area (Å²) in [5.74, 6) is 0. The van der Waals surface area contributed by atoms with Gasteiger partial charge in [0.1, 0.15) is 5.69 Å². The molecule has 1 aromatic carbocycles. The van der Waals surface area contributed by atoms with Crippen molar-refractivity contribution in [1.29, 1.82) is 0 Å². The van der Waals surface area contributed by atoms with E-state index in [4.69, 9.17) is 4.74 Å². The highest BCUT2D eigenvalue weighted by atomic mass is 16.6. The topological polar surface area (TPSA) is 47.9 Å². The van der Waals surface area contributed by atoms with Crippen LogP contribution in [0.4, 0.5) is 11.4 Å². The first-order chi connectivity index (χ1) is 7.81. The first-order valence-electron chi connectivity index (χ1n) is 5.38. The Bertz CT molecular complexity index is 429. The number of para-hydroxylation sites is 2. The number of quaternary nitrogens is 1. The number of rotatable bonds is 1. The van der Waals surface area contributed by atoms with Crippen molar-refractivity contribution < 1.29 is 4.74 Å². The fraction of sp³-hybridized carbons (Fsp3) is 0.364. The SMILES string of the molecule is [O-][N+]1(N2CCOCC2)C=Nc2ccccc21. The van der Waals surface area contributed by atoms with Crippen molar-refractivity contribution in [1.82, 2.24) is 9.76 Å². The van der Waals surface area contributed by atoms with Crippen molar-refractivity contribution in [3.8, 4) is 0 Å². The van der Waals surface area contributed by atoms with Gasteiger partial charge in [0.05, 0.1) is 26.3 Å². The quantitative estimate of drug-likeness (QED) is 0.530. The molecule has 84 valence electrons. The number of hydrogen-bond donors (Lipinski definition) is 0. The van der Waals surface area contributed by atoms with Crippen LogP contribution in [0.2, 0.25) is 0 Å². The van der Waals surface area contributed by atoms with E-state index in [1.807, 2.05) is 29.3 Å². The molecular weight excluding hydrogens is 206 g/mol. The first kappa shape index (κ1) is 9.92. The number of hydroxylamine groups is 1. The Hall–Kier alpha value is -1.27. The Morgan fingerprint density at radius 1 is 1.25 bits per heavy atom. The molecule has 0 spiro atoms. The highest BCUT2D eigenvalue weighted by Gasteiger charge is 2.35. The van der Waals surface area contributed by atoms with Gasteiger partial charge in [-0.1, -0.05) is 12.1 Å². The average molecular weight is 219 g/mol. The van der Waals surface area contributed by atoms with Crippen LogP contribution < -0.4 is 4.76 Å². The predicted octanol–water partition coefficient (Wildman–Crippen LogP) is 1.41. The third kappa shape index (κ3) is 1.37. The van der Waals surface area contributed by atoms with Gasteiger partial charge in [-0.05, 0) is 6.07 Å². The van der Waals surface area contributed by atoms with Gasteiger partial charge in [0.2, 0.25) is 6.34 Å². The maximum Gasteiger partial charge on any atom is 0.216 e. The van der Waals surface area contributed by atoms with Crippen LogP contribution in [0.3, 0.4) is 0 Å². The average Bonchev–Trinajstić information content (AvgIpc) is 2.71. The highest BCUT2D eigenvalue weighted by Crippen LogP contribution is 2.38. The highest BCUT2D eigenvalue weighted by molar-refractivity contribution is 5.88. The van der Waals surface area contributed by atoms with Crippen LogP contribution in [0.25, 0.3) is 0 Å². The molecule has 0 N–H and O–H groups in total.